The van der Waals surface area contributed by atoms with E-state index in [0.29, 0.717) is 18.2 Å². The number of anilines is 2. The molecule has 0 amide bonds. The van der Waals surface area contributed by atoms with E-state index in [4.69, 9.17) is 5.73 Å². The first kappa shape index (κ1) is 10.8. The fraction of sp³-hybridized carbons (Fsp3) is 0.455. The van der Waals surface area contributed by atoms with Gasteiger partial charge < -0.3 is 16.2 Å². The van der Waals surface area contributed by atoms with Crippen LogP contribution in [0.5, 0.6) is 0 Å². The fourth-order valence-electron chi connectivity index (χ4n) is 1.54. The molecule has 0 aliphatic heterocycles. The lowest BCUT2D eigenvalue weighted by atomic mass is 10.2. The number of aliphatic hydroxyl groups excluding tert-OH is 1. The van der Waals surface area contributed by atoms with E-state index in [0.717, 1.165) is 23.0 Å². The standard InChI is InChI=1S/C11H15BrN2O/c12-8-3-4-9(13)10(5-8)14-6-11(15)7-1-2-7/h3-5,7,11,14-15H,1-2,6,13H2. The van der Waals surface area contributed by atoms with Gasteiger partial charge in [0.05, 0.1) is 17.5 Å². The van der Waals surface area contributed by atoms with Gasteiger partial charge >= 0.3 is 0 Å². The number of nitrogens with one attached hydrogen (secondary N) is 1. The number of halogens is 1. The average molecular weight is 271 g/mol. The number of nitrogens with two attached hydrogens (primary N) is 1. The van der Waals surface area contributed by atoms with Crippen LogP contribution in [0.15, 0.2) is 22.7 Å². The van der Waals surface area contributed by atoms with E-state index in [1.54, 1.807) is 0 Å². The third-order valence-corrected chi connectivity index (χ3v) is 3.18. The summed E-state index contributed by atoms with van der Waals surface area (Å²) in [7, 11) is 0. The van der Waals surface area contributed by atoms with Crippen molar-refractivity contribution < 1.29 is 5.11 Å². The maximum absolute atomic E-state index is 9.70. The van der Waals surface area contributed by atoms with Crippen LogP contribution in [0.3, 0.4) is 0 Å². The van der Waals surface area contributed by atoms with E-state index in [2.05, 4.69) is 21.2 Å². The molecule has 4 heteroatoms. The van der Waals surface area contributed by atoms with E-state index in [1.807, 2.05) is 18.2 Å². The molecule has 2 rings (SSSR count). The van der Waals surface area contributed by atoms with Crippen molar-refractivity contribution in [1.82, 2.24) is 0 Å². The maximum Gasteiger partial charge on any atom is 0.0740 e. The molecule has 1 aliphatic rings. The average Bonchev–Trinajstić information content (AvgIpc) is 3.02. The largest absolute Gasteiger partial charge is 0.397 e. The predicted molar refractivity (Wildman–Crippen MR) is 65.8 cm³/mol. The highest BCUT2D eigenvalue weighted by atomic mass is 79.9. The Hall–Kier alpha value is -0.740. The van der Waals surface area contributed by atoms with Crippen molar-refractivity contribution in [3.8, 4) is 0 Å². The minimum absolute atomic E-state index is 0.247. The summed E-state index contributed by atoms with van der Waals surface area (Å²) in [4.78, 5) is 0. The molecule has 1 atom stereocenters. The van der Waals surface area contributed by atoms with Gasteiger partial charge in [-0.2, -0.15) is 0 Å². The van der Waals surface area contributed by atoms with E-state index in [9.17, 15) is 5.11 Å². The van der Waals surface area contributed by atoms with Crippen LogP contribution in [0.25, 0.3) is 0 Å². The monoisotopic (exact) mass is 270 g/mol. The summed E-state index contributed by atoms with van der Waals surface area (Å²) < 4.78 is 0.986. The van der Waals surface area contributed by atoms with Crippen molar-refractivity contribution in [2.75, 3.05) is 17.6 Å². The molecule has 1 unspecified atom stereocenters. The van der Waals surface area contributed by atoms with Crippen LogP contribution in [0, 0.1) is 5.92 Å². The summed E-state index contributed by atoms with van der Waals surface area (Å²) in [6.07, 6.45) is 2.05. The van der Waals surface area contributed by atoms with Crippen molar-refractivity contribution in [2.24, 2.45) is 5.92 Å². The normalized spacial score (nSPS) is 17.5. The molecule has 0 radical (unpaired) electrons. The van der Waals surface area contributed by atoms with Gasteiger partial charge in [0.2, 0.25) is 0 Å². The van der Waals surface area contributed by atoms with E-state index in [-0.39, 0.29) is 6.10 Å². The Balaban J connectivity index is 1.94. The lowest BCUT2D eigenvalue weighted by Crippen LogP contribution is -2.21. The highest BCUT2D eigenvalue weighted by Gasteiger charge is 2.29. The van der Waals surface area contributed by atoms with Crippen molar-refractivity contribution in [3.63, 3.8) is 0 Å². The number of benzene rings is 1. The Labute approximate surface area is 97.8 Å². The third-order valence-electron chi connectivity index (χ3n) is 2.68. The van der Waals surface area contributed by atoms with Crippen molar-refractivity contribution in [1.29, 1.82) is 0 Å². The summed E-state index contributed by atoms with van der Waals surface area (Å²) in [6.45, 7) is 0.575. The Morgan fingerprint density at radius 2 is 2.27 bits per heavy atom. The first-order valence-electron chi connectivity index (χ1n) is 5.14. The number of aliphatic hydroxyl groups is 1. The number of hydrogen-bond donors (Lipinski definition) is 3. The van der Waals surface area contributed by atoms with Crippen LogP contribution in [0.4, 0.5) is 11.4 Å². The topological polar surface area (TPSA) is 58.3 Å². The van der Waals surface area contributed by atoms with Gasteiger partial charge in [-0.3, -0.25) is 0 Å². The zero-order chi connectivity index (χ0) is 10.8. The number of hydrogen-bond acceptors (Lipinski definition) is 3. The molecule has 0 bridgehead atoms. The van der Waals surface area contributed by atoms with Crippen molar-refractivity contribution in [2.45, 2.75) is 18.9 Å². The molecule has 0 heterocycles. The van der Waals surface area contributed by atoms with Gasteiger partial charge in [-0.15, -0.1) is 0 Å². The number of rotatable bonds is 4. The van der Waals surface area contributed by atoms with Gasteiger partial charge in [0, 0.05) is 11.0 Å². The smallest absolute Gasteiger partial charge is 0.0740 e. The van der Waals surface area contributed by atoms with Crippen LogP contribution in [-0.4, -0.2) is 17.8 Å². The molecule has 4 N–H and O–H groups in total. The molecular formula is C11H15BrN2O. The molecule has 3 nitrogen and oxygen atoms in total. The maximum atomic E-state index is 9.70. The quantitative estimate of drug-likeness (QED) is 0.736. The molecule has 0 spiro atoms. The molecule has 1 aliphatic carbocycles. The van der Waals surface area contributed by atoms with Gasteiger partial charge in [-0.25, -0.2) is 0 Å². The highest BCUT2D eigenvalue weighted by Crippen LogP contribution is 2.33. The van der Waals surface area contributed by atoms with Gasteiger partial charge in [0.25, 0.3) is 0 Å². The molecule has 0 saturated heterocycles. The zero-order valence-corrected chi connectivity index (χ0v) is 10.00. The Morgan fingerprint density at radius 1 is 1.53 bits per heavy atom. The van der Waals surface area contributed by atoms with Crippen molar-refractivity contribution in [3.05, 3.63) is 22.7 Å². The Kier molecular flexibility index (Phi) is 3.17. The van der Waals surface area contributed by atoms with E-state index in [1.165, 1.54) is 0 Å². The van der Waals surface area contributed by atoms with Gasteiger partial charge in [-0.05, 0) is 37.0 Å². The lowest BCUT2D eigenvalue weighted by Gasteiger charge is -2.13. The molecule has 1 aromatic carbocycles. The molecule has 1 aromatic rings. The first-order chi connectivity index (χ1) is 7.16. The number of nitrogen functional groups attached to an aromatic ring is 1. The van der Waals surface area contributed by atoms with Crippen LogP contribution in [0.1, 0.15) is 12.8 Å². The van der Waals surface area contributed by atoms with Crippen LogP contribution in [-0.2, 0) is 0 Å². The van der Waals surface area contributed by atoms with Crippen molar-refractivity contribution >= 4 is 27.3 Å². The van der Waals surface area contributed by atoms with Gasteiger partial charge in [0.15, 0.2) is 0 Å². The summed E-state index contributed by atoms with van der Waals surface area (Å²) in [6, 6.07) is 5.67. The fourth-order valence-corrected chi connectivity index (χ4v) is 1.90. The Bertz CT molecular complexity index is 352. The van der Waals surface area contributed by atoms with Gasteiger partial charge in [0.1, 0.15) is 0 Å². The third kappa shape index (κ3) is 2.86. The minimum atomic E-state index is -0.247. The summed E-state index contributed by atoms with van der Waals surface area (Å²) in [5.41, 5.74) is 7.39. The second-order valence-electron chi connectivity index (χ2n) is 4.02. The molecule has 15 heavy (non-hydrogen) atoms. The Morgan fingerprint density at radius 3 is 2.93 bits per heavy atom. The van der Waals surface area contributed by atoms with Gasteiger partial charge in [-0.1, -0.05) is 15.9 Å². The summed E-state index contributed by atoms with van der Waals surface area (Å²) in [5, 5.41) is 12.9. The van der Waals surface area contributed by atoms with Crippen LogP contribution in [0.2, 0.25) is 0 Å². The second kappa shape index (κ2) is 4.41. The highest BCUT2D eigenvalue weighted by molar-refractivity contribution is 9.10. The summed E-state index contributed by atoms with van der Waals surface area (Å²) in [5.74, 6) is 0.492. The lowest BCUT2D eigenvalue weighted by molar-refractivity contribution is 0.164. The molecule has 1 saturated carbocycles. The second-order valence-corrected chi connectivity index (χ2v) is 4.93. The predicted octanol–water partition coefficient (Wildman–Crippen LogP) is 2.21. The SMILES string of the molecule is Nc1ccc(Br)cc1NCC(O)C1CC1. The first-order valence-corrected chi connectivity index (χ1v) is 5.93. The zero-order valence-electron chi connectivity index (χ0n) is 8.41. The van der Waals surface area contributed by atoms with Crippen LogP contribution < -0.4 is 11.1 Å². The molecule has 1 fully saturated rings. The van der Waals surface area contributed by atoms with E-state index >= 15 is 0 Å². The molecule has 82 valence electrons. The van der Waals surface area contributed by atoms with E-state index < -0.39 is 0 Å². The van der Waals surface area contributed by atoms with Crippen LogP contribution >= 0.6 is 15.9 Å². The molecular weight excluding hydrogens is 256 g/mol. The molecule has 0 aromatic heterocycles. The minimum Gasteiger partial charge on any atom is -0.397 e. The summed E-state index contributed by atoms with van der Waals surface area (Å²) >= 11 is 3.39.